The molecule has 1 N–H and O–H groups in total. The van der Waals surface area contributed by atoms with E-state index in [0.717, 1.165) is 17.9 Å². The molecule has 1 heterocycles. The molecule has 1 atom stereocenters. The summed E-state index contributed by atoms with van der Waals surface area (Å²) in [6, 6.07) is 20.4. The van der Waals surface area contributed by atoms with Crippen LogP contribution in [0, 0.1) is 6.92 Å². The van der Waals surface area contributed by atoms with Crippen LogP contribution in [-0.4, -0.2) is 68.5 Å². The number of aryl methyl sites for hydroxylation is 1. The van der Waals surface area contributed by atoms with Crippen LogP contribution in [0.15, 0.2) is 65.6 Å². The van der Waals surface area contributed by atoms with Crippen LogP contribution in [0.25, 0.3) is 11.3 Å². The molecule has 5 nitrogen and oxygen atoms in total. The minimum Gasteiger partial charge on any atom is -0.492 e. The molecule has 2 aromatic carbocycles. The van der Waals surface area contributed by atoms with Gasteiger partial charge < -0.3 is 19.1 Å². The Morgan fingerprint density at radius 2 is 1.75 bits per heavy atom. The summed E-state index contributed by atoms with van der Waals surface area (Å²) in [6.45, 7) is 5.56. The van der Waals surface area contributed by atoms with Crippen LogP contribution in [0.3, 0.4) is 0 Å². The largest absolute Gasteiger partial charge is 0.492 e. The van der Waals surface area contributed by atoms with E-state index in [0.29, 0.717) is 19.6 Å². The van der Waals surface area contributed by atoms with Crippen molar-refractivity contribution in [2.75, 3.05) is 19.5 Å². The van der Waals surface area contributed by atoms with Gasteiger partial charge in [-0.15, -0.1) is 11.8 Å². The number of benzene rings is 2. The summed E-state index contributed by atoms with van der Waals surface area (Å²) in [5, 5.41) is 9.23. The molecule has 32 heavy (non-hydrogen) atoms. The molecule has 1 aromatic heterocycles. The fourth-order valence-electron chi connectivity index (χ4n) is 3.49. The second-order valence-electron chi connectivity index (χ2n) is 7.22. The predicted octanol–water partition coefficient (Wildman–Crippen LogP) is 4.92. The van der Waals surface area contributed by atoms with Crippen LogP contribution in [0.1, 0.15) is 18.2 Å². The van der Waals surface area contributed by atoms with Gasteiger partial charge in [0.05, 0.1) is 6.54 Å². The second kappa shape index (κ2) is 13.1. The van der Waals surface area contributed by atoms with Crippen molar-refractivity contribution >= 4 is 45.0 Å². The number of ether oxygens (including phenoxy) is 2. The number of hydrogen-bond acceptors (Lipinski definition) is 4. The standard InChI is InChI=1S/C25H29NO4S.Pb/c1-4-29-24(25(27)28)17-19-6-10-21(11-7-19)30-16-15-26-18(2)5-14-23(26)20-8-12-22(31-3)13-9-20;/h5-14,24H,4,15-17H2,1-3H3,(H,27,28);. The molecular weight excluding hydrogens is 618 g/mol. The van der Waals surface area contributed by atoms with Crippen LogP contribution in [0.4, 0.5) is 0 Å². The van der Waals surface area contributed by atoms with Crippen LogP contribution >= 0.6 is 11.8 Å². The maximum Gasteiger partial charge on any atom is 0.333 e. The summed E-state index contributed by atoms with van der Waals surface area (Å²) in [7, 11) is 0. The normalized spacial score (nSPS) is 11.6. The third-order valence-corrected chi connectivity index (χ3v) is 5.90. The van der Waals surface area contributed by atoms with E-state index >= 15 is 0 Å². The van der Waals surface area contributed by atoms with Crippen molar-refractivity contribution in [3.8, 4) is 17.0 Å². The average Bonchev–Trinajstić information content (AvgIpc) is 3.15. The van der Waals surface area contributed by atoms with Crippen molar-refractivity contribution in [1.29, 1.82) is 0 Å². The number of hydrogen-bond donors (Lipinski definition) is 1. The van der Waals surface area contributed by atoms with E-state index in [1.54, 1.807) is 18.7 Å². The molecule has 0 saturated carbocycles. The van der Waals surface area contributed by atoms with Crippen molar-refractivity contribution in [2.24, 2.45) is 0 Å². The molecule has 0 aliphatic rings. The van der Waals surface area contributed by atoms with Gasteiger partial charge in [-0.05, 0) is 67.6 Å². The van der Waals surface area contributed by atoms with E-state index in [2.05, 4.69) is 54.1 Å². The minimum atomic E-state index is -0.942. The quantitative estimate of drug-likeness (QED) is 0.237. The van der Waals surface area contributed by atoms with Gasteiger partial charge in [-0.1, -0.05) is 24.3 Å². The van der Waals surface area contributed by atoms with Gasteiger partial charge in [0.2, 0.25) is 0 Å². The van der Waals surface area contributed by atoms with Crippen molar-refractivity contribution in [3.63, 3.8) is 0 Å². The zero-order valence-electron chi connectivity index (χ0n) is 18.7. The van der Waals surface area contributed by atoms with Crippen molar-refractivity contribution < 1.29 is 19.4 Å². The van der Waals surface area contributed by atoms with Gasteiger partial charge in [-0.2, -0.15) is 0 Å². The van der Waals surface area contributed by atoms with Gasteiger partial charge in [0.1, 0.15) is 12.4 Å². The first kappa shape index (κ1) is 26.5. The van der Waals surface area contributed by atoms with E-state index in [1.165, 1.54) is 21.8 Å². The second-order valence-corrected chi connectivity index (χ2v) is 8.10. The fraction of sp³-hybridized carbons (Fsp3) is 0.320. The van der Waals surface area contributed by atoms with E-state index in [1.807, 2.05) is 24.3 Å². The summed E-state index contributed by atoms with van der Waals surface area (Å²) >= 11 is 1.74. The Morgan fingerprint density at radius 1 is 1.06 bits per heavy atom. The molecule has 0 saturated heterocycles. The van der Waals surface area contributed by atoms with Crippen molar-refractivity contribution in [3.05, 3.63) is 71.9 Å². The first-order chi connectivity index (χ1) is 15.0. The van der Waals surface area contributed by atoms with E-state index in [-0.39, 0.29) is 27.3 Å². The van der Waals surface area contributed by atoms with Crippen LogP contribution < -0.4 is 4.74 Å². The molecule has 168 valence electrons. The van der Waals surface area contributed by atoms with Crippen molar-refractivity contribution in [1.82, 2.24) is 4.57 Å². The summed E-state index contributed by atoms with van der Waals surface area (Å²) in [6.07, 6.45) is 1.59. The molecule has 0 bridgehead atoms. The fourth-order valence-corrected chi connectivity index (χ4v) is 3.90. The third kappa shape index (κ3) is 7.11. The first-order valence-electron chi connectivity index (χ1n) is 10.4. The molecule has 3 aromatic rings. The summed E-state index contributed by atoms with van der Waals surface area (Å²) in [5.74, 6) is -0.175. The van der Waals surface area contributed by atoms with Gasteiger partial charge in [-0.25, -0.2) is 4.79 Å². The zero-order valence-corrected chi connectivity index (χ0v) is 23.4. The SMILES string of the molecule is CCOC(Cc1ccc(OCCn2c(C)ccc2-c2ccc(SC)cc2)cc1)C(=O)O.[Pb]. The number of carboxylic acid groups (broad SMARTS) is 1. The van der Waals surface area contributed by atoms with Gasteiger partial charge in [0.15, 0.2) is 6.10 Å². The summed E-state index contributed by atoms with van der Waals surface area (Å²) in [4.78, 5) is 12.5. The summed E-state index contributed by atoms with van der Waals surface area (Å²) < 4.78 is 13.5. The first-order valence-corrected chi connectivity index (χ1v) is 11.6. The third-order valence-electron chi connectivity index (χ3n) is 5.16. The molecule has 1 unspecified atom stereocenters. The molecule has 4 radical (unpaired) electrons. The van der Waals surface area contributed by atoms with Gasteiger partial charge in [-0.3, -0.25) is 0 Å². The summed E-state index contributed by atoms with van der Waals surface area (Å²) in [5.41, 5.74) is 4.47. The molecule has 0 aliphatic heterocycles. The Hall–Kier alpha value is -1.78. The minimum absolute atomic E-state index is 0. The monoisotopic (exact) mass is 647 g/mol. The number of thioether (sulfide) groups is 1. The smallest absolute Gasteiger partial charge is 0.333 e. The number of aromatic nitrogens is 1. The molecule has 7 heteroatoms. The van der Waals surface area contributed by atoms with Crippen LogP contribution in [0.2, 0.25) is 0 Å². The molecule has 0 aliphatic carbocycles. The van der Waals surface area contributed by atoms with E-state index in [4.69, 9.17) is 9.47 Å². The molecule has 0 amide bonds. The topological polar surface area (TPSA) is 60.7 Å². The van der Waals surface area contributed by atoms with Gasteiger partial charge in [0, 0.05) is 56.6 Å². The molecular formula is C25H29NO4PbS. The molecule has 3 rings (SSSR count). The average molecular weight is 647 g/mol. The maximum absolute atomic E-state index is 11.3. The number of carbonyl (C=O) groups is 1. The Balaban J connectivity index is 0.00000363. The number of nitrogens with zero attached hydrogens (tertiary/aromatic N) is 1. The van der Waals surface area contributed by atoms with E-state index < -0.39 is 12.1 Å². The maximum atomic E-state index is 11.3. The Kier molecular flexibility index (Phi) is 10.8. The van der Waals surface area contributed by atoms with Gasteiger partial charge in [0.25, 0.3) is 0 Å². The van der Waals surface area contributed by atoms with Crippen LogP contribution in [0.5, 0.6) is 5.75 Å². The van der Waals surface area contributed by atoms with E-state index in [9.17, 15) is 9.90 Å². The number of aliphatic carboxylic acids is 1. The zero-order chi connectivity index (χ0) is 22.2. The number of carboxylic acids is 1. The Bertz CT molecular complexity index is 986. The number of rotatable bonds is 11. The van der Waals surface area contributed by atoms with Gasteiger partial charge >= 0.3 is 5.97 Å². The predicted molar refractivity (Wildman–Crippen MR) is 131 cm³/mol. The molecule has 0 spiro atoms. The Labute approximate surface area is 214 Å². The van der Waals surface area contributed by atoms with Crippen LogP contribution in [-0.2, 0) is 22.5 Å². The van der Waals surface area contributed by atoms with Crippen molar-refractivity contribution in [2.45, 2.75) is 37.8 Å². The molecule has 0 fully saturated rings. The Morgan fingerprint density at radius 3 is 2.34 bits per heavy atom.